The van der Waals surface area contributed by atoms with Gasteiger partial charge >= 0.3 is 0 Å². The number of alkyl halides is 1. The largest absolute Gasteiger partial charge is 0.297 e. The quantitative estimate of drug-likeness (QED) is 0.787. The molecule has 0 radical (unpaired) electrons. The monoisotopic (exact) mass is 277 g/mol. The number of aryl methyl sites for hydroxylation is 1. The van der Waals surface area contributed by atoms with Crippen molar-refractivity contribution in [3.63, 3.8) is 0 Å². The molecule has 0 amide bonds. The first-order valence-electron chi connectivity index (χ1n) is 6.92. The number of fused-ring (bicyclic) bond motifs is 1. The van der Waals surface area contributed by atoms with E-state index in [0.29, 0.717) is 11.3 Å². The molecule has 1 aliphatic rings. The first-order valence-corrected chi connectivity index (χ1v) is 7.36. The number of halogens is 1. The minimum Gasteiger partial charge on any atom is -0.297 e. The Hall–Kier alpha value is -1.06. The molecule has 102 valence electrons. The standard InChI is InChI=1S/C15H20ClN3/c1-11-9-19(8-7-13(11)16)10-14-12-5-3-4-6-15(12)18(2)17-14/h3-6,11,13H,7-10H2,1-2H3. The summed E-state index contributed by atoms with van der Waals surface area (Å²) in [5, 5.41) is 6.27. The van der Waals surface area contributed by atoms with E-state index in [4.69, 9.17) is 11.6 Å². The number of hydrogen-bond acceptors (Lipinski definition) is 2. The van der Waals surface area contributed by atoms with Gasteiger partial charge in [0.15, 0.2) is 0 Å². The van der Waals surface area contributed by atoms with Crippen LogP contribution in [0, 0.1) is 5.92 Å². The van der Waals surface area contributed by atoms with Crippen LogP contribution in [0.4, 0.5) is 0 Å². The molecule has 1 aromatic carbocycles. The molecule has 1 aromatic heterocycles. The topological polar surface area (TPSA) is 21.1 Å². The van der Waals surface area contributed by atoms with Crippen LogP contribution in [0.1, 0.15) is 19.0 Å². The molecule has 3 nitrogen and oxygen atoms in total. The highest BCUT2D eigenvalue weighted by atomic mass is 35.5. The predicted octanol–water partition coefficient (Wildman–Crippen LogP) is 3.02. The second-order valence-corrected chi connectivity index (χ2v) is 6.17. The number of rotatable bonds is 2. The van der Waals surface area contributed by atoms with Gasteiger partial charge in [0.2, 0.25) is 0 Å². The van der Waals surface area contributed by atoms with E-state index < -0.39 is 0 Å². The van der Waals surface area contributed by atoms with Crippen molar-refractivity contribution in [1.29, 1.82) is 0 Å². The molecule has 0 aliphatic carbocycles. The molecule has 0 bridgehead atoms. The highest BCUT2D eigenvalue weighted by Crippen LogP contribution is 2.25. The Morgan fingerprint density at radius 2 is 2.16 bits per heavy atom. The van der Waals surface area contributed by atoms with Gasteiger partial charge in [-0.1, -0.05) is 25.1 Å². The second kappa shape index (κ2) is 5.14. The van der Waals surface area contributed by atoms with Gasteiger partial charge in [-0.25, -0.2) is 0 Å². The lowest BCUT2D eigenvalue weighted by Crippen LogP contribution is -2.39. The number of nitrogens with zero attached hydrogens (tertiary/aromatic N) is 3. The SMILES string of the molecule is CC1CN(Cc2nn(C)c3ccccc23)CCC1Cl. The van der Waals surface area contributed by atoms with Crippen LogP contribution in [-0.2, 0) is 13.6 Å². The van der Waals surface area contributed by atoms with Crippen molar-refractivity contribution in [2.75, 3.05) is 13.1 Å². The predicted molar refractivity (Wildman–Crippen MR) is 79.4 cm³/mol. The van der Waals surface area contributed by atoms with Gasteiger partial charge in [-0.15, -0.1) is 11.6 Å². The van der Waals surface area contributed by atoms with Gasteiger partial charge in [0.25, 0.3) is 0 Å². The lowest BCUT2D eigenvalue weighted by Gasteiger charge is -2.33. The molecule has 1 aliphatic heterocycles. The van der Waals surface area contributed by atoms with E-state index in [-0.39, 0.29) is 0 Å². The summed E-state index contributed by atoms with van der Waals surface area (Å²) in [6.45, 7) is 5.30. The number of aromatic nitrogens is 2. The van der Waals surface area contributed by atoms with Gasteiger partial charge in [-0.3, -0.25) is 9.58 Å². The normalized spacial score (nSPS) is 25.0. The molecule has 2 unspecified atom stereocenters. The Labute approximate surface area is 119 Å². The maximum atomic E-state index is 6.29. The van der Waals surface area contributed by atoms with E-state index in [1.165, 1.54) is 16.6 Å². The third kappa shape index (κ3) is 2.49. The minimum absolute atomic E-state index is 0.330. The van der Waals surface area contributed by atoms with Crippen LogP contribution < -0.4 is 0 Å². The molecular weight excluding hydrogens is 258 g/mol. The summed E-state index contributed by atoms with van der Waals surface area (Å²) in [5.41, 5.74) is 2.39. The molecule has 1 saturated heterocycles. The van der Waals surface area contributed by atoms with Crippen molar-refractivity contribution >= 4 is 22.5 Å². The van der Waals surface area contributed by atoms with Crippen molar-refractivity contribution < 1.29 is 0 Å². The molecule has 2 aromatic rings. The van der Waals surface area contributed by atoms with Crippen molar-refractivity contribution in [3.05, 3.63) is 30.0 Å². The molecule has 0 saturated carbocycles. The van der Waals surface area contributed by atoms with Gasteiger partial charge in [0, 0.05) is 30.9 Å². The average Bonchev–Trinajstić information content (AvgIpc) is 2.72. The smallest absolute Gasteiger partial charge is 0.0843 e. The van der Waals surface area contributed by atoms with Gasteiger partial charge in [-0.05, 0) is 24.9 Å². The molecule has 4 heteroatoms. The van der Waals surface area contributed by atoms with Crippen molar-refractivity contribution in [2.45, 2.75) is 25.3 Å². The van der Waals surface area contributed by atoms with E-state index >= 15 is 0 Å². The summed E-state index contributed by atoms with van der Waals surface area (Å²) in [6.07, 6.45) is 1.08. The molecular formula is C15H20ClN3. The van der Waals surface area contributed by atoms with Crippen LogP contribution in [0.5, 0.6) is 0 Å². The zero-order valence-electron chi connectivity index (χ0n) is 11.5. The Morgan fingerprint density at radius 3 is 2.95 bits per heavy atom. The first-order chi connectivity index (χ1) is 9.15. The van der Waals surface area contributed by atoms with Crippen LogP contribution in [0.15, 0.2) is 24.3 Å². The minimum atomic E-state index is 0.330. The summed E-state index contributed by atoms with van der Waals surface area (Å²) >= 11 is 6.29. The van der Waals surface area contributed by atoms with Gasteiger partial charge in [-0.2, -0.15) is 5.10 Å². The van der Waals surface area contributed by atoms with Crippen LogP contribution in [0.25, 0.3) is 10.9 Å². The highest BCUT2D eigenvalue weighted by Gasteiger charge is 2.25. The fraction of sp³-hybridized carbons (Fsp3) is 0.533. The summed E-state index contributed by atoms with van der Waals surface area (Å²) in [6, 6.07) is 8.44. The van der Waals surface area contributed by atoms with Crippen LogP contribution in [0.3, 0.4) is 0 Å². The van der Waals surface area contributed by atoms with Crippen LogP contribution in [0.2, 0.25) is 0 Å². The number of piperidine rings is 1. The summed E-state index contributed by atoms with van der Waals surface area (Å²) in [7, 11) is 2.01. The third-order valence-corrected chi connectivity index (χ3v) is 4.74. The van der Waals surface area contributed by atoms with Crippen molar-refractivity contribution in [2.24, 2.45) is 13.0 Å². The van der Waals surface area contributed by atoms with Crippen LogP contribution in [-0.4, -0.2) is 33.1 Å². The molecule has 2 heterocycles. The first kappa shape index (κ1) is 12.9. The Bertz CT molecular complexity index is 578. The zero-order chi connectivity index (χ0) is 13.4. The fourth-order valence-corrected chi connectivity index (χ4v) is 3.14. The number of hydrogen-bond donors (Lipinski definition) is 0. The van der Waals surface area contributed by atoms with Crippen molar-refractivity contribution in [1.82, 2.24) is 14.7 Å². The maximum absolute atomic E-state index is 6.29. The van der Waals surface area contributed by atoms with Gasteiger partial charge in [0.1, 0.15) is 0 Å². The summed E-state index contributed by atoms with van der Waals surface area (Å²) in [4.78, 5) is 2.47. The van der Waals surface area contributed by atoms with E-state index in [1.807, 2.05) is 11.7 Å². The molecule has 2 atom stereocenters. The van der Waals surface area contributed by atoms with E-state index in [9.17, 15) is 0 Å². The van der Waals surface area contributed by atoms with Crippen molar-refractivity contribution in [3.8, 4) is 0 Å². The number of likely N-dealkylation sites (tertiary alicyclic amines) is 1. The van der Waals surface area contributed by atoms with Gasteiger partial charge < -0.3 is 0 Å². The lowest BCUT2D eigenvalue weighted by atomic mass is 9.99. The maximum Gasteiger partial charge on any atom is 0.0843 e. The molecule has 0 N–H and O–H groups in total. The Kier molecular flexibility index (Phi) is 3.50. The molecule has 0 spiro atoms. The fourth-order valence-electron chi connectivity index (χ4n) is 2.96. The second-order valence-electron chi connectivity index (χ2n) is 5.60. The molecule has 19 heavy (non-hydrogen) atoms. The Morgan fingerprint density at radius 1 is 1.37 bits per heavy atom. The van der Waals surface area contributed by atoms with Crippen LogP contribution >= 0.6 is 11.6 Å². The molecule has 1 fully saturated rings. The molecule has 3 rings (SSSR count). The van der Waals surface area contributed by atoms with E-state index in [1.54, 1.807) is 0 Å². The lowest BCUT2D eigenvalue weighted by molar-refractivity contribution is 0.178. The highest BCUT2D eigenvalue weighted by molar-refractivity contribution is 6.20. The van der Waals surface area contributed by atoms with E-state index in [2.05, 4.69) is 41.2 Å². The number of para-hydroxylation sites is 1. The summed E-state index contributed by atoms with van der Waals surface area (Å²) < 4.78 is 1.97. The third-order valence-electron chi connectivity index (χ3n) is 4.09. The summed E-state index contributed by atoms with van der Waals surface area (Å²) in [5.74, 6) is 0.561. The zero-order valence-corrected chi connectivity index (χ0v) is 12.3. The van der Waals surface area contributed by atoms with Gasteiger partial charge in [0.05, 0.1) is 11.2 Å². The Balaban J connectivity index is 1.82. The number of benzene rings is 1. The van der Waals surface area contributed by atoms with E-state index in [0.717, 1.165) is 26.1 Å². The average molecular weight is 278 g/mol.